The number of nitrogens with zero attached hydrogens (tertiary/aromatic N) is 11. The lowest BCUT2D eigenvalue weighted by Gasteiger charge is -2.34. The van der Waals surface area contributed by atoms with Crippen LogP contribution in [0.4, 0.5) is 27.9 Å². The molecule has 6 heterocycles. The molecule has 2 aliphatic heterocycles. The lowest BCUT2D eigenvalue weighted by molar-refractivity contribution is 0.233. The first-order chi connectivity index (χ1) is 31.1. The Bertz CT molecular complexity index is 2430. The molecule has 2 unspecified atom stereocenters. The number of nitrogens with one attached hydrogen (secondary N) is 1. The zero-order valence-electron chi connectivity index (χ0n) is 35.0. The van der Waals surface area contributed by atoms with Crippen LogP contribution in [0.15, 0.2) is 110 Å². The van der Waals surface area contributed by atoms with Crippen LogP contribution in [0.1, 0.15) is 47.1 Å². The quantitative estimate of drug-likeness (QED) is 0.115. The van der Waals surface area contributed by atoms with E-state index in [0.717, 1.165) is 56.5 Å². The largest absolute Gasteiger partial charge is 0.338 e. The molecule has 18 heteroatoms. The van der Waals surface area contributed by atoms with Gasteiger partial charge in [-0.1, -0.05) is 24.3 Å². The van der Waals surface area contributed by atoms with Gasteiger partial charge < -0.3 is 10.2 Å². The summed E-state index contributed by atoms with van der Waals surface area (Å²) in [5.74, 6) is -3.68. The van der Waals surface area contributed by atoms with Crippen LogP contribution >= 0.6 is 11.6 Å². The Morgan fingerprint density at radius 1 is 0.619 bits per heavy atom. The van der Waals surface area contributed by atoms with Crippen molar-refractivity contribution in [2.75, 3.05) is 64.4 Å². The first-order valence-corrected chi connectivity index (χ1v) is 20.1. The molecule has 63 heavy (non-hydrogen) atoms. The van der Waals surface area contributed by atoms with Crippen LogP contribution in [0.3, 0.4) is 0 Å². The first kappa shape index (κ1) is 46.0. The molecule has 12 nitrogen and oxygen atoms in total. The van der Waals surface area contributed by atoms with Gasteiger partial charge in [-0.15, -0.1) is 0 Å². The van der Waals surface area contributed by atoms with Crippen LogP contribution in [0, 0.1) is 45.9 Å². The number of aromatic nitrogens is 6. The van der Waals surface area contributed by atoms with E-state index in [1.54, 1.807) is 55.0 Å². The minimum atomic E-state index is -1.00. The third kappa shape index (κ3) is 14.3. The Balaban J connectivity index is 0.000000191. The molecular weight excluding hydrogens is 839 g/mol. The van der Waals surface area contributed by atoms with E-state index in [1.165, 1.54) is 24.4 Å². The number of pyridine rings is 2. The fourth-order valence-electron chi connectivity index (χ4n) is 6.61. The molecule has 2 aromatic carbocycles. The summed E-state index contributed by atoms with van der Waals surface area (Å²) in [6.07, 6.45) is 6.49. The van der Waals surface area contributed by atoms with E-state index in [-0.39, 0.29) is 5.28 Å². The van der Waals surface area contributed by atoms with Gasteiger partial charge in [0, 0.05) is 90.2 Å². The summed E-state index contributed by atoms with van der Waals surface area (Å²) in [5, 5.41) is 22.1. The van der Waals surface area contributed by atoms with Crippen molar-refractivity contribution >= 4 is 17.5 Å². The maximum absolute atomic E-state index is 13.4. The number of rotatable bonds is 9. The van der Waals surface area contributed by atoms with Crippen LogP contribution in [-0.4, -0.2) is 99.2 Å². The summed E-state index contributed by atoms with van der Waals surface area (Å²) < 4.78 is 67.6. The maximum atomic E-state index is 13.4. The highest BCUT2D eigenvalue weighted by molar-refractivity contribution is 6.28. The second-order valence-electron chi connectivity index (χ2n) is 14.0. The standard InChI is InChI=1S/C22H20F2N6.C11H7ClN4.C11H14F2N2.CH3F/c23-18-5-4-16(13-19(18)24)15-29-9-11-30(12-10-29)22-27-8-6-21(28-22)17(14-25)20-3-1-2-7-26-20;12-11-15-6-4-10(16-11)8(7-13)9-3-1-2-5-14-9;12-10-2-1-9(7-11(10)13)8-15-5-3-14-4-6-15;1-2/h1-8,13,17H,9-12,15H2;1-6,8H;1-2,7,14H,3-6,8H2;1H3/i;;;1D. The van der Waals surface area contributed by atoms with Crippen LogP contribution < -0.4 is 10.2 Å². The molecule has 2 saturated heterocycles. The number of alkyl halides is 1. The van der Waals surface area contributed by atoms with E-state index in [1.807, 2.05) is 24.3 Å². The molecule has 1 N–H and O–H groups in total. The van der Waals surface area contributed by atoms with Crippen molar-refractivity contribution in [1.82, 2.24) is 45.0 Å². The summed E-state index contributed by atoms with van der Waals surface area (Å²) in [5.41, 5.74) is 4.05. The van der Waals surface area contributed by atoms with Crippen LogP contribution in [-0.2, 0) is 13.1 Å². The SMILES string of the molecule is Fc1ccc(CN2CCNCC2)cc1F.N#CC(c1ccccn1)c1ccnc(Cl)n1.N#CC(c1ccccn1)c1ccnc(N2CCN(Cc3ccc(F)c(F)c3)CC2)n1.[2H]CF. The number of halogens is 6. The molecule has 6 aromatic rings. The van der Waals surface area contributed by atoms with Gasteiger partial charge in [0.2, 0.25) is 11.2 Å². The zero-order valence-corrected chi connectivity index (χ0v) is 34.8. The molecular formula is C45H44ClF5N12. The molecule has 0 spiro atoms. The number of hydrogen-bond donors (Lipinski definition) is 1. The Hall–Kier alpha value is -6.50. The monoisotopic (exact) mass is 883 g/mol. The molecule has 0 saturated carbocycles. The Labute approximate surface area is 369 Å². The third-order valence-corrected chi connectivity index (χ3v) is 9.96. The minimum absolute atomic E-state index is 0.133. The number of piperazine rings is 2. The third-order valence-electron chi connectivity index (χ3n) is 9.77. The second kappa shape index (κ2) is 24.8. The van der Waals surface area contributed by atoms with Crippen molar-refractivity contribution in [2.24, 2.45) is 0 Å². The molecule has 2 atom stereocenters. The van der Waals surface area contributed by atoms with E-state index < -0.39 is 42.3 Å². The Morgan fingerprint density at radius 3 is 1.57 bits per heavy atom. The van der Waals surface area contributed by atoms with Gasteiger partial charge in [0.05, 0.1) is 43.4 Å². The van der Waals surface area contributed by atoms with Crippen molar-refractivity contribution in [1.29, 1.82) is 10.5 Å². The van der Waals surface area contributed by atoms with Crippen molar-refractivity contribution in [3.63, 3.8) is 0 Å². The lowest BCUT2D eigenvalue weighted by atomic mass is 10.0. The van der Waals surface area contributed by atoms with Gasteiger partial charge in [-0.3, -0.25) is 24.2 Å². The summed E-state index contributed by atoms with van der Waals surface area (Å²) in [6, 6.07) is 26.8. The maximum Gasteiger partial charge on any atom is 0.225 e. The smallest absolute Gasteiger partial charge is 0.225 e. The summed E-state index contributed by atoms with van der Waals surface area (Å²) >= 11 is 5.68. The summed E-state index contributed by atoms with van der Waals surface area (Å²) in [7, 11) is -1.00. The van der Waals surface area contributed by atoms with E-state index >= 15 is 0 Å². The fraction of sp³-hybridized carbons (Fsp3) is 0.289. The molecule has 0 bridgehead atoms. The van der Waals surface area contributed by atoms with Gasteiger partial charge >= 0.3 is 0 Å². The molecule has 0 aliphatic carbocycles. The van der Waals surface area contributed by atoms with Crippen molar-refractivity contribution in [3.8, 4) is 12.1 Å². The molecule has 8 rings (SSSR count). The van der Waals surface area contributed by atoms with Crippen molar-refractivity contribution in [2.45, 2.75) is 24.9 Å². The number of nitriles is 2. The second-order valence-corrected chi connectivity index (χ2v) is 14.3. The normalized spacial score (nSPS) is 15.0. The minimum Gasteiger partial charge on any atom is -0.338 e. The van der Waals surface area contributed by atoms with Gasteiger partial charge in [-0.25, -0.2) is 37.5 Å². The number of hydrogen-bond acceptors (Lipinski definition) is 12. The molecule has 0 amide bonds. The van der Waals surface area contributed by atoms with Crippen molar-refractivity contribution < 1.29 is 23.3 Å². The topological polar surface area (TPSA) is 147 Å². The highest BCUT2D eigenvalue weighted by Gasteiger charge is 2.23. The van der Waals surface area contributed by atoms with Crippen molar-refractivity contribution in [3.05, 3.63) is 172 Å². The predicted molar refractivity (Wildman–Crippen MR) is 228 cm³/mol. The molecule has 0 radical (unpaired) electrons. The van der Waals surface area contributed by atoms with Gasteiger partial charge in [-0.2, -0.15) is 10.5 Å². The average Bonchev–Trinajstić information content (AvgIpc) is 3.32. The number of anilines is 1. The van der Waals surface area contributed by atoms with Gasteiger partial charge in [0.15, 0.2) is 23.3 Å². The van der Waals surface area contributed by atoms with Crippen LogP contribution in [0.5, 0.6) is 0 Å². The molecule has 4 aromatic heterocycles. The zero-order chi connectivity index (χ0) is 45.7. The van der Waals surface area contributed by atoms with E-state index in [4.69, 9.17) is 18.2 Å². The highest BCUT2D eigenvalue weighted by Crippen LogP contribution is 2.23. The molecule has 326 valence electrons. The summed E-state index contributed by atoms with van der Waals surface area (Å²) in [6.45, 7) is 7.98. The van der Waals surface area contributed by atoms with Crippen LogP contribution in [0.25, 0.3) is 0 Å². The predicted octanol–water partition coefficient (Wildman–Crippen LogP) is 7.26. The number of benzene rings is 2. The first-order valence-electron chi connectivity index (χ1n) is 20.4. The van der Waals surface area contributed by atoms with Gasteiger partial charge in [-0.05, 0) is 83.4 Å². The van der Waals surface area contributed by atoms with Gasteiger partial charge in [0.25, 0.3) is 0 Å². The average molecular weight is 884 g/mol. The van der Waals surface area contributed by atoms with E-state index in [9.17, 15) is 27.2 Å². The van der Waals surface area contributed by atoms with E-state index in [0.29, 0.717) is 54.9 Å². The Morgan fingerprint density at radius 2 is 1.11 bits per heavy atom. The fourth-order valence-corrected chi connectivity index (χ4v) is 6.77. The molecule has 2 aliphatic rings. The van der Waals surface area contributed by atoms with Crippen LogP contribution in [0.2, 0.25) is 5.28 Å². The lowest BCUT2D eigenvalue weighted by Crippen LogP contribution is -2.46. The highest BCUT2D eigenvalue weighted by atomic mass is 35.5. The molecule has 2 fully saturated rings. The van der Waals surface area contributed by atoms with E-state index in [2.05, 4.69) is 62.1 Å². The Kier molecular flexibility index (Phi) is 18.1. The summed E-state index contributed by atoms with van der Waals surface area (Å²) in [4.78, 5) is 31.7. The van der Waals surface area contributed by atoms with Gasteiger partial charge in [0.1, 0.15) is 11.8 Å².